The molecule has 146 valence electrons. The fourth-order valence-corrected chi connectivity index (χ4v) is 4.38. The number of carbonyl (C=O) groups excluding carboxylic acids is 1. The fraction of sp³-hybridized carbons (Fsp3) is 0.364. The molecule has 2 aromatic rings. The maximum absolute atomic E-state index is 13.4. The number of hydrogen-bond donors (Lipinski definition) is 2. The lowest BCUT2D eigenvalue weighted by Crippen LogP contribution is -2.48. The Morgan fingerprint density at radius 3 is 2.54 bits per heavy atom. The molecule has 6 heteroatoms. The standard InChI is InChI=1S/C22H23FN2O3/c23-18-7-5-16(6-8-18)20-19-4-2-1-3-15(19)9-10-25(20)21(26)17-11-14(12-17)13-24-22(27)28/h1-8,14,17,20,24H,9-13H2,(H,27,28)/t14?,17?,20-/m0/s1. The third kappa shape index (κ3) is 3.59. The highest BCUT2D eigenvalue weighted by atomic mass is 19.1. The van der Waals surface area contributed by atoms with Crippen molar-refractivity contribution in [1.29, 1.82) is 0 Å². The van der Waals surface area contributed by atoms with Crippen LogP contribution in [-0.2, 0) is 11.2 Å². The first-order valence-electron chi connectivity index (χ1n) is 9.63. The Kier molecular flexibility index (Phi) is 5.03. The lowest BCUT2D eigenvalue weighted by molar-refractivity contribution is -0.142. The molecule has 0 spiro atoms. The van der Waals surface area contributed by atoms with Crippen molar-refractivity contribution in [3.63, 3.8) is 0 Å². The molecule has 0 radical (unpaired) electrons. The molecule has 28 heavy (non-hydrogen) atoms. The zero-order chi connectivity index (χ0) is 19.7. The van der Waals surface area contributed by atoms with Crippen molar-refractivity contribution in [2.45, 2.75) is 25.3 Å². The third-order valence-corrected chi connectivity index (χ3v) is 5.88. The van der Waals surface area contributed by atoms with E-state index >= 15 is 0 Å². The number of carbonyl (C=O) groups is 2. The molecule has 0 unspecified atom stereocenters. The molecule has 4 rings (SSSR count). The van der Waals surface area contributed by atoms with E-state index in [0.29, 0.717) is 25.9 Å². The van der Waals surface area contributed by atoms with Gasteiger partial charge in [0.15, 0.2) is 0 Å². The maximum Gasteiger partial charge on any atom is 0.404 e. The zero-order valence-corrected chi connectivity index (χ0v) is 15.5. The molecule has 1 aliphatic carbocycles. The van der Waals surface area contributed by atoms with Crippen LogP contribution in [-0.4, -0.2) is 35.1 Å². The van der Waals surface area contributed by atoms with Crippen molar-refractivity contribution >= 4 is 12.0 Å². The molecule has 2 N–H and O–H groups in total. The maximum atomic E-state index is 13.4. The Labute approximate surface area is 163 Å². The summed E-state index contributed by atoms with van der Waals surface area (Å²) < 4.78 is 13.4. The predicted octanol–water partition coefficient (Wildman–Crippen LogP) is 3.59. The number of nitrogens with one attached hydrogen (secondary N) is 1. The van der Waals surface area contributed by atoms with Crippen LogP contribution in [0.1, 0.15) is 35.6 Å². The van der Waals surface area contributed by atoms with Gasteiger partial charge in [0.1, 0.15) is 5.82 Å². The highest BCUT2D eigenvalue weighted by Crippen LogP contribution is 2.40. The minimum Gasteiger partial charge on any atom is -0.465 e. The quantitative estimate of drug-likeness (QED) is 0.849. The van der Waals surface area contributed by atoms with Crippen molar-refractivity contribution in [1.82, 2.24) is 10.2 Å². The number of carboxylic acid groups (broad SMARTS) is 1. The van der Waals surface area contributed by atoms with Gasteiger partial charge in [0.25, 0.3) is 0 Å². The van der Waals surface area contributed by atoms with Crippen molar-refractivity contribution in [3.8, 4) is 0 Å². The first-order valence-corrected chi connectivity index (χ1v) is 9.63. The van der Waals surface area contributed by atoms with Crippen LogP contribution in [0.25, 0.3) is 0 Å². The molecule has 1 aliphatic heterocycles. The highest BCUT2D eigenvalue weighted by Gasteiger charge is 2.40. The van der Waals surface area contributed by atoms with E-state index in [4.69, 9.17) is 5.11 Å². The molecular weight excluding hydrogens is 359 g/mol. The smallest absolute Gasteiger partial charge is 0.404 e. The Morgan fingerprint density at radius 1 is 1.11 bits per heavy atom. The molecule has 2 aromatic carbocycles. The molecule has 0 saturated heterocycles. The summed E-state index contributed by atoms with van der Waals surface area (Å²) >= 11 is 0. The van der Waals surface area contributed by atoms with E-state index < -0.39 is 6.09 Å². The van der Waals surface area contributed by atoms with Gasteiger partial charge in [0.05, 0.1) is 6.04 Å². The van der Waals surface area contributed by atoms with Gasteiger partial charge in [-0.1, -0.05) is 36.4 Å². The number of benzene rings is 2. The van der Waals surface area contributed by atoms with Gasteiger partial charge in [-0.3, -0.25) is 4.79 Å². The van der Waals surface area contributed by atoms with E-state index in [2.05, 4.69) is 11.4 Å². The summed E-state index contributed by atoms with van der Waals surface area (Å²) in [7, 11) is 0. The van der Waals surface area contributed by atoms with Gasteiger partial charge in [0, 0.05) is 19.0 Å². The fourth-order valence-electron chi connectivity index (χ4n) is 4.38. The summed E-state index contributed by atoms with van der Waals surface area (Å²) in [5, 5.41) is 11.1. The molecule has 0 bridgehead atoms. The van der Waals surface area contributed by atoms with E-state index in [9.17, 15) is 14.0 Å². The van der Waals surface area contributed by atoms with Crippen LogP contribution in [0.3, 0.4) is 0 Å². The lowest BCUT2D eigenvalue weighted by Gasteiger charge is -2.43. The minimum absolute atomic E-state index is 0.0752. The monoisotopic (exact) mass is 382 g/mol. The second-order valence-corrected chi connectivity index (χ2v) is 7.65. The first-order chi connectivity index (χ1) is 13.5. The number of fused-ring (bicyclic) bond motifs is 1. The van der Waals surface area contributed by atoms with E-state index in [0.717, 1.165) is 17.5 Å². The summed E-state index contributed by atoms with van der Waals surface area (Å²) in [6, 6.07) is 14.3. The SMILES string of the molecule is O=C(O)NCC1CC(C(=O)N2CCc3ccccc3[C@@H]2c2ccc(F)cc2)C1. The Balaban J connectivity index is 1.55. The van der Waals surface area contributed by atoms with E-state index in [1.807, 2.05) is 23.1 Å². The van der Waals surface area contributed by atoms with Gasteiger partial charge in [-0.15, -0.1) is 0 Å². The van der Waals surface area contributed by atoms with Gasteiger partial charge in [-0.25, -0.2) is 9.18 Å². The first kappa shape index (κ1) is 18.5. The third-order valence-electron chi connectivity index (χ3n) is 5.88. The normalized spacial score (nSPS) is 23.5. The van der Waals surface area contributed by atoms with Crippen LogP contribution in [0.15, 0.2) is 48.5 Å². The highest BCUT2D eigenvalue weighted by molar-refractivity contribution is 5.81. The summed E-state index contributed by atoms with van der Waals surface area (Å²) in [5.41, 5.74) is 3.22. The number of hydrogen-bond acceptors (Lipinski definition) is 2. The van der Waals surface area contributed by atoms with E-state index in [1.54, 1.807) is 12.1 Å². The summed E-state index contributed by atoms with van der Waals surface area (Å²) in [6.07, 6.45) is 1.18. The average molecular weight is 382 g/mol. The Hall–Kier alpha value is -2.89. The number of halogens is 1. The molecular formula is C22H23FN2O3. The molecule has 5 nitrogen and oxygen atoms in total. The van der Waals surface area contributed by atoms with Crippen LogP contribution in [0, 0.1) is 17.7 Å². The number of amides is 2. The summed E-state index contributed by atoms with van der Waals surface area (Å²) in [5.74, 6) is -0.0471. The summed E-state index contributed by atoms with van der Waals surface area (Å²) in [6.45, 7) is 1.02. The van der Waals surface area contributed by atoms with Crippen LogP contribution < -0.4 is 5.32 Å². The number of nitrogens with zero attached hydrogens (tertiary/aromatic N) is 1. The van der Waals surface area contributed by atoms with Gasteiger partial charge in [-0.05, 0) is 54.0 Å². The number of rotatable bonds is 4. The van der Waals surface area contributed by atoms with Crippen molar-refractivity contribution in [2.24, 2.45) is 11.8 Å². The van der Waals surface area contributed by atoms with E-state index in [1.165, 1.54) is 17.7 Å². The van der Waals surface area contributed by atoms with Crippen molar-refractivity contribution < 1.29 is 19.1 Å². The molecule has 1 atom stereocenters. The lowest BCUT2D eigenvalue weighted by atomic mass is 9.73. The minimum atomic E-state index is -1.03. The Bertz CT molecular complexity index is 878. The van der Waals surface area contributed by atoms with Crippen LogP contribution in [0.4, 0.5) is 9.18 Å². The molecule has 1 heterocycles. The molecule has 0 aromatic heterocycles. The van der Waals surface area contributed by atoms with Gasteiger partial charge in [0.2, 0.25) is 5.91 Å². The van der Waals surface area contributed by atoms with Crippen LogP contribution in [0.2, 0.25) is 0 Å². The van der Waals surface area contributed by atoms with Gasteiger partial charge >= 0.3 is 6.09 Å². The van der Waals surface area contributed by atoms with E-state index in [-0.39, 0.29) is 29.6 Å². The molecule has 1 fully saturated rings. The van der Waals surface area contributed by atoms with Crippen molar-refractivity contribution in [2.75, 3.05) is 13.1 Å². The van der Waals surface area contributed by atoms with Crippen molar-refractivity contribution in [3.05, 3.63) is 71.0 Å². The predicted molar refractivity (Wildman–Crippen MR) is 102 cm³/mol. The largest absolute Gasteiger partial charge is 0.465 e. The topological polar surface area (TPSA) is 69.6 Å². The Morgan fingerprint density at radius 2 is 1.82 bits per heavy atom. The van der Waals surface area contributed by atoms with Crippen LogP contribution >= 0.6 is 0 Å². The molecule has 2 amide bonds. The molecule has 2 aliphatic rings. The van der Waals surface area contributed by atoms with Crippen LogP contribution in [0.5, 0.6) is 0 Å². The summed E-state index contributed by atoms with van der Waals surface area (Å²) in [4.78, 5) is 25.8. The second-order valence-electron chi connectivity index (χ2n) is 7.65. The zero-order valence-electron chi connectivity index (χ0n) is 15.5. The van der Waals surface area contributed by atoms with Gasteiger partial charge in [-0.2, -0.15) is 0 Å². The second kappa shape index (κ2) is 7.62. The molecule has 1 saturated carbocycles. The average Bonchev–Trinajstić information content (AvgIpc) is 2.66. The van der Waals surface area contributed by atoms with Gasteiger partial charge < -0.3 is 15.3 Å².